The van der Waals surface area contributed by atoms with Gasteiger partial charge in [0.1, 0.15) is 11.3 Å². The number of amides is 1. The summed E-state index contributed by atoms with van der Waals surface area (Å²) in [6, 6.07) is 12.3. The van der Waals surface area contributed by atoms with E-state index in [0.29, 0.717) is 47.0 Å². The molecule has 0 radical (unpaired) electrons. The summed E-state index contributed by atoms with van der Waals surface area (Å²) in [7, 11) is 0. The predicted octanol–water partition coefficient (Wildman–Crippen LogP) is 6.72. The summed E-state index contributed by atoms with van der Waals surface area (Å²) in [6.45, 7) is 9.13. The first-order valence-electron chi connectivity index (χ1n) is 13.2. The second-order valence-corrected chi connectivity index (χ2v) is 9.74. The third-order valence-corrected chi connectivity index (χ3v) is 6.89. The van der Waals surface area contributed by atoms with Gasteiger partial charge in [-0.1, -0.05) is 31.9 Å². The van der Waals surface area contributed by atoms with Crippen LogP contribution < -0.4 is 14.9 Å². The van der Waals surface area contributed by atoms with Crippen molar-refractivity contribution in [2.24, 2.45) is 0 Å². The maximum absolute atomic E-state index is 14.0. The summed E-state index contributed by atoms with van der Waals surface area (Å²) in [5.74, 6) is 1.56. The molecule has 38 heavy (non-hydrogen) atoms. The molecule has 0 bridgehead atoms. The molecule has 198 valence electrons. The Balaban J connectivity index is 1.65. The Kier molecular flexibility index (Phi) is 7.27. The Morgan fingerprint density at radius 1 is 0.974 bits per heavy atom. The summed E-state index contributed by atoms with van der Waals surface area (Å²) < 4.78 is 23.7. The van der Waals surface area contributed by atoms with Gasteiger partial charge in [-0.25, -0.2) is 0 Å². The number of ether oxygens (including phenoxy) is 2. The van der Waals surface area contributed by atoms with Gasteiger partial charge in [0.05, 0.1) is 43.0 Å². The van der Waals surface area contributed by atoms with Gasteiger partial charge in [0.2, 0.25) is 5.76 Å². The highest BCUT2D eigenvalue weighted by atomic mass is 16.5. The molecule has 1 aliphatic rings. The molecule has 2 aromatic carbocycles. The normalized spacial score (nSPS) is 14.8. The van der Waals surface area contributed by atoms with E-state index in [4.69, 9.17) is 18.3 Å². The summed E-state index contributed by atoms with van der Waals surface area (Å²) in [5.41, 5.74) is 3.08. The standard InChI is InChI=1S/C31H33NO6/c1-5-7-8-13-37-24-12-11-21(17-25(24)35-6-2)27-26-28(33)23-16-19(3)15-20(4)29(23)38-30(26)31(34)32(27)18-22-10-9-14-36-22/h9-12,14-17,27H,5-8,13,18H2,1-4H3. The molecule has 7 nitrogen and oxygen atoms in total. The zero-order valence-corrected chi connectivity index (χ0v) is 22.3. The van der Waals surface area contributed by atoms with Gasteiger partial charge in [-0.05, 0) is 74.2 Å². The average molecular weight is 516 g/mol. The summed E-state index contributed by atoms with van der Waals surface area (Å²) in [4.78, 5) is 29.3. The third kappa shape index (κ3) is 4.69. The zero-order valence-electron chi connectivity index (χ0n) is 22.3. The molecular formula is C31H33NO6. The average Bonchev–Trinajstić information content (AvgIpc) is 3.51. The molecule has 1 amide bonds. The summed E-state index contributed by atoms with van der Waals surface area (Å²) >= 11 is 0. The van der Waals surface area contributed by atoms with Crippen molar-refractivity contribution in [3.05, 3.63) is 92.7 Å². The SMILES string of the molecule is CCCCCOc1ccc(C2c3c(oc4c(C)cc(C)cc4c3=O)C(=O)N2Cc2ccco2)cc1OCC. The van der Waals surface area contributed by atoms with Crippen molar-refractivity contribution < 1.29 is 23.1 Å². The Bertz CT molecular complexity index is 1520. The lowest BCUT2D eigenvalue weighted by Crippen LogP contribution is -2.29. The number of rotatable bonds is 10. The van der Waals surface area contributed by atoms with Crippen LogP contribution in [0.5, 0.6) is 11.5 Å². The number of carbonyl (C=O) groups is 1. The molecule has 5 rings (SSSR count). The van der Waals surface area contributed by atoms with Gasteiger partial charge in [-0.2, -0.15) is 0 Å². The van der Waals surface area contributed by atoms with Crippen LogP contribution in [0.1, 0.15) is 77.7 Å². The van der Waals surface area contributed by atoms with E-state index in [1.54, 1.807) is 17.2 Å². The largest absolute Gasteiger partial charge is 0.490 e. The fourth-order valence-electron chi connectivity index (χ4n) is 5.17. The van der Waals surface area contributed by atoms with E-state index in [1.165, 1.54) is 0 Å². The highest BCUT2D eigenvalue weighted by Gasteiger charge is 2.43. The first kappa shape index (κ1) is 25.6. The minimum atomic E-state index is -0.669. The lowest BCUT2D eigenvalue weighted by Gasteiger charge is -2.25. The number of hydrogen-bond acceptors (Lipinski definition) is 6. The van der Waals surface area contributed by atoms with E-state index in [0.717, 1.165) is 36.0 Å². The van der Waals surface area contributed by atoms with Gasteiger partial charge < -0.3 is 23.2 Å². The fourth-order valence-corrected chi connectivity index (χ4v) is 5.17. The van der Waals surface area contributed by atoms with Gasteiger partial charge in [-0.15, -0.1) is 0 Å². The molecule has 1 aliphatic heterocycles. The number of furan rings is 1. The molecule has 0 aliphatic carbocycles. The minimum Gasteiger partial charge on any atom is -0.490 e. The van der Waals surface area contributed by atoms with Crippen molar-refractivity contribution in [2.75, 3.05) is 13.2 Å². The van der Waals surface area contributed by atoms with Gasteiger partial charge in [-0.3, -0.25) is 9.59 Å². The van der Waals surface area contributed by atoms with E-state index >= 15 is 0 Å². The van der Waals surface area contributed by atoms with E-state index < -0.39 is 6.04 Å². The van der Waals surface area contributed by atoms with Crippen molar-refractivity contribution >= 4 is 16.9 Å². The van der Waals surface area contributed by atoms with Crippen LogP contribution in [0.15, 0.2) is 62.4 Å². The highest BCUT2D eigenvalue weighted by molar-refractivity contribution is 5.99. The van der Waals surface area contributed by atoms with E-state index in [9.17, 15) is 9.59 Å². The molecule has 0 spiro atoms. The number of benzene rings is 2. The van der Waals surface area contributed by atoms with Crippen LogP contribution in [0.4, 0.5) is 0 Å². The van der Waals surface area contributed by atoms with E-state index in [2.05, 4.69) is 6.92 Å². The molecule has 0 N–H and O–H groups in total. The van der Waals surface area contributed by atoms with Crippen molar-refractivity contribution in [3.8, 4) is 11.5 Å². The molecule has 1 unspecified atom stereocenters. The number of hydrogen-bond donors (Lipinski definition) is 0. The lowest BCUT2D eigenvalue weighted by atomic mass is 9.97. The van der Waals surface area contributed by atoms with Gasteiger partial charge >= 0.3 is 0 Å². The monoisotopic (exact) mass is 515 g/mol. The smallest absolute Gasteiger partial charge is 0.291 e. The Morgan fingerprint density at radius 2 is 1.82 bits per heavy atom. The maximum Gasteiger partial charge on any atom is 0.291 e. The first-order valence-corrected chi connectivity index (χ1v) is 13.2. The Morgan fingerprint density at radius 3 is 2.55 bits per heavy atom. The molecular weight excluding hydrogens is 482 g/mol. The molecule has 7 heteroatoms. The first-order chi connectivity index (χ1) is 18.4. The quantitative estimate of drug-likeness (QED) is 0.218. The van der Waals surface area contributed by atoms with Gasteiger partial charge in [0, 0.05) is 0 Å². The molecule has 0 saturated carbocycles. The zero-order chi connectivity index (χ0) is 26.8. The van der Waals surface area contributed by atoms with Crippen LogP contribution in [0, 0.1) is 13.8 Å². The number of aryl methyl sites for hydroxylation is 2. The minimum absolute atomic E-state index is 0.0730. The predicted molar refractivity (Wildman–Crippen MR) is 145 cm³/mol. The van der Waals surface area contributed by atoms with Crippen molar-refractivity contribution in [1.29, 1.82) is 0 Å². The fraction of sp³-hybridized carbons (Fsp3) is 0.355. The molecule has 0 saturated heterocycles. The second-order valence-electron chi connectivity index (χ2n) is 9.74. The van der Waals surface area contributed by atoms with Gasteiger partial charge in [0.25, 0.3) is 5.91 Å². The summed E-state index contributed by atoms with van der Waals surface area (Å²) in [6.07, 6.45) is 4.73. The molecule has 2 aromatic heterocycles. The summed E-state index contributed by atoms with van der Waals surface area (Å²) in [5, 5.41) is 0.472. The number of unbranched alkanes of at least 4 members (excludes halogenated alkanes) is 2. The van der Waals surface area contributed by atoms with Crippen LogP contribution in [-0.2, 0) is 6.54 Å². The number of fused-ring (bicyclic) bond motifs is 2. The van der Waals surface area contributed by atoms with E-state index in [-0.39, 0.29) is 23.6 Å². The highest BCUT2D eigenvalue weighted by Crippen LogP contribution is 2.42. The molecule has 4 aromatic rings. The van der Waals surface area contributed by atoms with Crippen LogP contribution in [-0.4, -0.2) is 24.0 Å². The maximum atomic E-state index is 14.0. The molecule has 0 fully saturated rings. The number of carbonyl (C=O) groups excluding carboxylic acids is 1. The Hall–Kier alpha value is -4.00. The van der Waals surface area contributed by atoms with Crippen molar-refractivity contribution in [1.82, 2.24) is 4.90 Å². The van der Waals surface area contributed by atoms with Crippen LogP contribution in [0.25, 0.3) is 11.0 Å². The van der Waals surface area contributed by atoms with Crippen molar-refractivity contribution in [2.45, 2.75) is 59.5 Å². The lowest BCUT2D eigenvalue weighted by molar-refractivity contribution is 0.0701. The van der Waals surface area contributed by atoms with Crippen LogP contribution in [0.3, 0.4) is 0 Å². The second kappa shape index (κ2) is 10.8. The molecule has 3 heterocycles. The van der Waals surface area contributed by atoms with Crippen molar-refractivity contribution in [3.63, 3.8) is 0 Å². The topological polar surface area (TPSA) is 82.1 Å². The Labute approximate surface area is 222 Å². The molecule has 1 atom stereocenters. The van der Waals surface area contributed by atoms with Crippen LogP contribution >= 0.6 is 0 Å². The van der Waals surface area contributed by atoms with Gasteiger partial charge in [0.15, 0.2) is 16.9 Å². The third-order valence-electron chi connectivity index (χ3n) is 6.89. The van der Waals surface area contributed by atoms with Crippen LogP contribution in [0.2, 0.25) is 0 Å². The van der Waals surface area contributed by atoms with E-state index in [1.807, 2.05) is 57.2 Å². The number of nitrogens with zero attached hydrogens (tertiary/aromatic N) is 1.